The van der Waals surface area contributed by atoms with E-state index in [9.17, 15) is 10.2 Å². The average molecular weight is 510 g/mol. The second kappa shape index (κ2) is 11.3. The van der Waals surface area contributed by atoms with E-state index in [2.05, 4.69) is 0 Å². The fourth-order valence-corrected chi connectivity index (χ4v) is 4.22. The van der Waals surface area contributed by atoms with E-state index in [1.165, 1.54) is 0 Å². The van der Waals surface area contributed by atoms with Crippen LogP contribution >= 0.6 is 46.4 Å². The van der Waals surface area contributed by atoms with Crippen LogP contribution in [0.15, 0.2) is 24.3 Å². The monoisotopic (exact) mass is 508 g/mol. The molecule has 2 N–H and O–H groups in total. The number of benzene rings is 2. The summed E-state index contributed by atoms with van der Waals surface area (Å²) in [4.78, 5) is 0. The lowest BCUT2D eigenvalue weighted by Crippen LogP contribution is -2.22. The van der Waals surface area contributed by atoms with E-state index in [-0.39, 0.29) is 25.4 Å². The third-order valence-electron chi connectivity index (χ3n) is 5.33. The van der Waals surface area contributed by atoms with Gasteiger partial charge >= 0.3 is 0 Å². The van der Waals surface area contributed by atoms with E-state index in [0.717, 1.165) is 11.1 Å². The number of aliphatic hydroxyl groups is 2. The molecule has 0 aromatic heterocycles. The van der Waals surface area contributed by atoms with Crippen LogP contribution < -0.4 is 9.47 Å². The quantitative estimate of drug-likeness (QED) is 0.364. The van der Waals surface area contributed by atoms with E-state index >= 15 is 0 Å². The molecular weight excluding hydrogens is 482 g/mol. The Kier molecular flexibility index (Phi) is 9.62. The first-order chi connectivity index (χ1) is 14.6. The van der Waals surface area contributed by atoms with E-state index < -0.39 is 5.41 Å². The predicted octanol–water partition coefficient (Wildman–Crippen LogP) is 6.93. The molecule has 2 aromatic rings. The van der Waals surface area contributed by atoms with Crippen LogP contribution in [0.25, 0.3) is 0 Å². The zero-order valence-electron chi connectivity index (χ0n) is 18.0. The van der Waals surface area contributed by atoms with E-state index in [0.29, 0.717) is 44.4 Å². The normalized spacial score (nSPS) is 13.7. The van der Waals surface area contributed by atoms with Gasteiger partial charge in [0.25, 0.3) is 0 Å². The molecule has 0 heterocycles. The zero-order chi connectivity index (χ0) is 23.3. The minimum absolute atomic E-state index is 0.128. The van der Waals surface area contributed by atoms with Crippen molar-refractivity contribution in [2.45, 2.75) is 58.2 Å². The Morgan fingerprint density at radius 1 is 0.710 bits per heavy atom. The van der Waals surface area contributed by atoms with Crippen LogP contribution in [0.2, 0.25) is 20.1 Å². The molecule has 4 nitrogen and oxygen atoms in total. The van der Waals surface area contributed by atoms with E-state index in [1.54, 1.807) is 24.3 Å². The summed E-state index contributed by atoms with van der Waals surface area (Å²) >= 11 is 25.9. The lowest BCUT2D eigenvalue weighted by atomic mass is 9.78. The van der Waals surface area contributed by atoms with Crippen molar-refractivity contribution in [2.75, 3.05) is 13.2 Å². The minimum atomic E-state index is -0.542. The smallest absolute Gasteiger partial charge is 0.157 e. The fraction of sp³-hybridized carbons (Fsp3) is 0.478. The molecule has 0 spiro atoms. The Balaban J connectivity index is 2.43. The maximum atomic E-state index is 9.40. The summed E-state index contributed by atoms with van der Waals surface area (Å²) in [6.07, 6.45) is 0.475. The number of halogens is 4. The molecule has 0 saturated heterocycles. The van der Waals surface area contributed by atoms with Crippen molar-refractivity contribution >= 4 is 46.4 Å². The summed E-state index contributed by atoms with van der Waals surface area (Å²) in [6, 6.07) is 7.16. The van der Waals surface area contributed by atoms with Gasteiger partial charge in [0.15, 0.2) is 11.5 Å². The molecule has 0 amide bonds. The Bertz CT molecular complexity index is 776. The minimum Gasteiger partial charge on any atom is -0.485 e. The van der Waals surface area contributed by atoms with Crippen molar-refractivity contribution in [3.05, 3.63) is 55.5 Å². The number of hydrogen-bond donors (Lipinski definition) is 2. The second-order valence-corrected chi connectivity index (χ2v) is 9.45. The zero-order valence-corrected chi connectivity index (χ0v) is 21.0. The summed E-state index contributed by atoms with van der Waals surface area (Å²) < 4.78 is 11.5. The molecule has 0 aliphatic carbocycles. The Hall–Kier alpha value is -0.880. The van der Waals surface area contributed by atoms with Gasteiger partial charge in [-0.15, -0.1) is 0 Å². The summed E-state index contributed by atoms with van der Waals surface area (Å²) in [7, 11) is 0. The van der Waals surface area contributed by atoms with Crippen molar-refractivity contribution in [1.29, 1.82) is 0 Å². The van der Waals surface area contributed by atoms with Gasteiger partial charge in [-0.05, 0) is 48.2 Å². The molecule has 0 aliphatic rings. The number of hydrogen-bond acceptors (Lipinski definition) is 4. The first-order valence-electron chi connectivity index (χ1n) is 10.1. The second-order valence-electron chi connectivity index (χ2n) is 7.82. The highest BCUT2D eigenvalue weighted by molar-refractivity contribution is 6.38. The number of rotatable bonds is 10. The van der Waals surface area contributed by atoms with Crippen LogP contribution in [0.4, 0.5) is 0 Å². The third-order valence-corrected chi connectivity index (χ3v) is 6.45. The summed E-state index contributed by atoms with van der Waals surface area (Å²) in [6.45, 7) is 7.56. The maximum Gasteiger partial charge on any atom is 0.157 e. The van der Waals surface area contributed by atoms with Crippen LogP contribution in [0, 0.1) is 0 Å². The SMILES string of the molecule is CCC(CO)Oc1c(Cl)cc(C(C)(C)c2cc(Cl)c(OC(CC)CO)c(Cl)c2)cc1Cl. The van der Waals surface area contributed by atoms with Crippen LogP contribution in [-0.4, -0.2) is 35.6 Å². The topological polar surface area (TPSA) is 58.9 Å². The summed E-state index contributed by atoms with van der Waals surface area (Å²) in [5.41, 5.74) is 1.14. The largest absolute Gasteiger partial charge is 0.485 e. The Morgan fingerprint density at radius 3 is 1.23 bits per heavy atom. The molecule has 0 aliphatic heterocycles. The van der Waals surface area contributed by atoms with E-state index in [1.807, 2.05) is 27.7 Å². The lowest BCUT2D eigenvalue weighted by molar-refractivity contribution is 0.113. The van der Waals surface area contributed by atoms with Gasteiger partial charge in [-0.1, -0.05) is 74.1 Å². The van der Waals surface area contributed by atoms with Gasteiger partial charge in [0.1, 0.15) is 12.2 Å². The van der Waals surface area contributed by atoms with Gasteiger partial charge in [-0.3, -0.25) is 0 Å². The van der Waals surface area contributed by atoms with Gasteiger partial charge in [-0.25, -0.2) is 0 Å². The molecule has 0 saturated carbocycles. The van der Waals surface area contributed by atoms with Gasteiger partial charge in [0, 0.05) is 5.41 Å². The molecule has 2 aromatic carbocycles. The van der Waals surface area contributed by atoms with Gasteiger partial charge in [-0.2, -0.15) is 0 Å². The number of aliphatic hydroxyl groups excluding tert-OH is 2. The first kappa shape index (κ1) is 26.4. The summed E-state index contributed by atoms with van der Waals surface area (Å²) in [5, 5.41) is 20.2. The highest BCUT2D eigenvalue weighted by atomic mass is 35.5. The van der Waals surface area contributed by atoms with E-state index in [4.69, 9.17) is 55.9 Å². The molecular formula is C23H28Cl4O4. The van der Waals surface area contributed by atoms with Gasteiger partial charge in [0.05, 0.1) is 33.3 Å². The predicted molar refractivity (Wildman–Crippen MR) is 129 cm³/mol. The molecule has 2 atom stereocenters. The van der Waals surface area contributed by atoms with Crippen LogP contribution in [0.5, 0.6) is 11.5 Å². The van der Waals surface area contributed by atoms with Crippen molar-refractivity contribution in [3.8, 4) is 11.5 Å². The van der Waals surface area contributed by atoms with Crippen LogP contribution in [0.1, 0.15) is 51.7 Å². The molecule has 8 heteroatoms. The van der Waals surface area contributed by atoms with Crippen molar-refractivity contribution < 1.29 is 19.7 Å². The highest BCUT2D eigenvalue weighted by Gasteiger charge is 2.28. The van der Waals surface area contributed by atoms with Gasteiger partial charge < -0.3 is 19.7 Å². The molecule has 31 heavy (non-hydrogen) atoms. The first-order valence-corrected chi connectivity index (χ1v) is 11.6. The lowest BCUT2D eigenvalue weighted by Gasteiger charge is -2.29. The highest BCUT2D eigenvalue weighted by Crippen LogP contribution is 2.44. The Morgan fingerprint density at radius 2 is 1.00 bits per heavy atom. The standard InChI is InChI=1S/C23H28Cl4O4/c1-5-15(11-28)30-21-17(24)7-13(8-18(21)25)23(3,4)14-9-19(26)22(20(27)10-14)31-16(6-2)12-29/h7-10,15-16,28-29H,5-6,11-12H2,1-4H3. The third kappa shape index (κ3) is 6.13. The van der Waals surface area contributed by atoms with Crippen molar-refractivity contribution in [1.82, 2.24) is 0 Å². The summed E-state index contributed by atoms with van der Waals surface area (Å²) in [5.74, 6) is 0.691. The maximum absolute atomic E-state index is 9.40. The fourth-order valence-electron chi connectivity index (χ4n) is 3.07. The molecule has 0 bridgehead atoms. The number of ether oxygens (including phenoxy) is 2. The van der Waals surface area contributed by atoms with Crippen molar-refractivity contribution in [3.63, 3.8) is 0 Å². The van der Waals surface area contributed by atoms with Gasteiger partial charge in [0.2, 0.25) is 0 Å². The Labute approximate surface area is 204 Å². The molecule has 2 unspecified atom stereocenters. The van der Waals surface area contributed by atoms with Crippen LogP contribution in [0.3, 0.4) is 0 Å². The molecule has 2 rings (SSSR count). The molecule has 0 fully saturated rings. The average Bonchev–Trinajstić information content (AvgIpc) is 2.73. The molecule has 0 radical (unpaired) electrons. The van der Waals surface area contributed by atoms with Crippen molar-refractivity contribution in [2.24, 2.45) is 0 Å². The molecule has 172 valence electrons. The van der Waals surface area contributed by atoms with Crippen LogP contribution in [-0.2, 0) is 5.41 Å².